The van der Waals surface area contributed by atoms with E-state index in [9.17, 15) is 0 Å². The van der Waals surface area contributed by atoms with Crippen molar-refractivity contribution in [1.29, 1.82) is 0 Å². The zero-order chi connectivity index (χ0) is 15.5. The highest BCUT2D eigenvalue weighted by Crippen LogP contribution is 2.30. The van der Waals surface area contributed by atoms with Gasteiger partial charge in [-0.2, -0.15) is 0 Å². The number of thioether (sulfide) groups is 1. The minimum Gasteiger partial charge on any atom is -0.341 e. The third-order valence-electron chi connectivity index (χ3n) is 3.52. The lowest BCUT2D eigenvalue weighted by atomic mass is 10.3. The van der Waals surface area contributed by atoms with Crippen LogP contribution in [0, 0.1) is 0 Å². The van der Waals surface area contributed by atoms with E-state index in [0.29, 0.717) is 0 Å². The Morgan fingerprint density at radius 2 is 2.09 bits per heavy atom. The molecule has 0 spiro atoms. The summed E-state index contributed by atoms with van der Waals surface area (Å²) in [5, 5.41) is 10.4. The topological polar surface area (TPSA) is 34.0 Å². The minimum absolute atomic E-state index is 0.717. The van der Waals surface area contributed by atoms with Crippen LogP contribution in [-0.2, 0) is 0 Å². The lowest BCUT2D eigenvalue weighted by Gasteiger charge is -2.18. The van der Waals surface area contributed by atoms with E-state index in [1.54, 1.807) is 11.8 Å². The zero-order valence-corrected chi connectivity index (χ0v) is 14.2. The van der Waals surface area contributed by atoms with Crippen LogP contribution in [0.1, 0.15) is 19.8 Å². The van der Waals surface area contributed by atoms with Crippen LogP contribution in [0.2, 0.25) is 5.02 Å². The summed E-state index contributed by atoms with van der Waals surface area (Å²) in [5.74, 6) is 1.74. The van der Waals surface area contributed by atoms with Crippen LogP contribution >= 0.6 is 23.4 Å². The van der Waals surface area contributed by atoms with Crippen LogP contribution in [0.25, 0.3) is 5.69 Å². The average molecular weight is 335 g/mol. The molecule has 4 nitrogen and oxygen atoms in total. The Morgan fingerprint density at radius 1 is 1.32 bits per heavy atom. The van der Waals surface area contributed by atoms with E-state index in [2.05, 4.69) is 26.2 Å². The van der Waals surface area contributed by atoms with Crippen molar-refractivity contribution in [3.63, 3.8) is 0 Å². The molecule has 2 aromatic rings. The molecule has 1 saturated heterocycles. The fourth-order valence-electron chi connectivity index (χ4n) is 2.51. The van der Waals surface area contributed by atoms with Crippen molar-refractivity contribution >= 4 is 29.3 Å². The smallest absolute Gasteiger partial charge is 0.232 e. The zero-order valence-electron chi connectivity index (χ0n) is 12.6. The maximum atomic E-state index is 6.16. The van der Waals surface area contributed by atoms with E-state index in [1.165, 1.54) is 12.8 Å². The molecule has 0 atom stereocenters. The first-order valence-corrected chi connectivity index (χ1v) is 8.75. The Bertz CT molecular complexity index is 677. The first-order chi connectivity index (χ1) is 10.6. The number of benzene rings is 1. The highest BCUT2D eigenvalue weighted by atomic mass is 35.5. The second-order valence-corrected chi connectivity index (χ2v) is 6.92. The quantitative estimate of drug-likeness (QED) is 0.606. The summed E-state index contributed by atoms with van der Waals surface area (Å²) in [6.45, 7) is 8.05. The normalized spacial score (nSPS) is 14.5. The molecule has 1 aliphatic heterocycles. The van der Waals surface area contributed by atoms with E-state index >= 15 is 0 Å². The standard InChI is InChI=1S/C16H19ClN4S/c1-12(2)11-22-16-19-18-15(20-8-3-4-9-20)21(16)14-7-5-6-13(17)10-14/h5-7,10H,1,3-4,8-9,11H2,2H3. The number of rotatable bonds is 5. The van der Waals surface area contributed by atoms with Crippen molar-refractivity contribution in [2.75, 3.05) is 23.7 Å². The Balaban J connectivity index is 2.01. The minimum atomic E-state index is 0.717. The van der Waals surface area contributed by atoms with Gasteiger partial charge in [0, 0.05) is 23.9 Å². The molecule has 22 heavy (non-hydrogen) atoms. The van der Waals surface area contributed by atoms with Gasteiger partial charge in [-0.25, -0.2) is 0 Å². The van der Waals surface area contributed by atoms with E-state index < -0.39 is 0 Å². The van der Waals surface area contributed by atoms with E-state index in [0.717, 1.165) is 46.2 Å². The number of aromatic nitrogens is 3. The van der Waals surface area contributed by atoms with Crippen molar-refractivity contribution in [2.45, 2.75) is 24.9 Å². The first kappa shape index (κ1) is 15.4. The molecule has 0 saturated carbocycles. The Hall–Kier alpha value is -1.46. The molecule has 0 bridgehead atoms. The van der Waals surface area contributed by atoms with E-state index in [1.807, 2.05) is 31.2 Å². The Morgan fingerprint density at radius 3 is 2.77 bits per heavy atom. The summed E-state index contributed by atoms with van der Waals surface area (Å²) in [4.78, 5) is 2.29. The molecular formula is C16H19ClN4S. The van der Waals surface area contributed by atoms with Crippen LogP contribution in [-0.4, -0.2) is 33.6 Å². The highest BCUT2D eigenvalue weighted by molar-refractivity contribution is 7.99. The van der Waals surface area contributed by atoms with Crippen LogP contribution in [0.15, 0.2) is 41.6 Å². The van der Waals surface area contributed by atoms with Gasteiger partial charge in [0.15, 0.2) is 5.16 Å². The van der Waals surface area contributed by atoms with Gasteiger partial charge < -0.3 is 4.90 Å². The van der Waals surface area contributed by atoms with Crippen molar-refractivity contribution in [3.8, 4) is 5.69 Å². The van der Waals surface area contributed by atoms with E-state index in [-0.39, 0.29) is 0 Å². The molecule has 0 amide bonds. The lowest BCUT2D eigenvalue weighted by Crippen LogP contribution is -2.22. The predicted octanol–water partition coefficient (Wildman–Crippen LogP) is 4.19. The monoisotopic (exact) mass is 334 g/mol. The molecule has 1 fully saturated rings. The molecule has 2 heterocycles. The van der Waals surface area contributed by atoms with Gasteiger partial charge in [-0.3, -0.25) is 4.57 Å². The summed E-state index contributed by atoms with van der Waals surface area (Å²) >= 11 is 7.82. The van der Waals surface area contributed by atoms with Crippen LogP contribution < -0.4 is 4.90 Å². The van der Waals surface area contributed by atoms with Gasteiger partial charge in [-0.15, -0.1) is 10.2 Å². The summed E-state index contributed by atoms with van der Waals surface area (Å²) in [7, 11) is 0. The van der Waals surface area contributed by atoms with Crippen molar-refractivity contribution in [1.82, 2.24) is 14.8 Å². The second kappa shape index (κ2) is 6.75. The van der Waals surface area contributed by atoms with Crippen LogP contribution in [0.4, 0.5) is 5.95 Å². The molecule has 6 heteroatoms. The van der Waals surface area contributed by atoms with Gasteiger partial charge in [0.1, 0.15) is 0 Å². The number of halogens is 1. The van der Waals surface area contributed by atoms with Crippen molar-refractivity contribution < 1.29 is 0 Å². The van der Waals surface area contributed by atoms with Crippen molar-refractivity contribution in [2.24, 2.45) is 0 Å². The first-order valence-electron chi connectivity index (χ1n) is 7.38. The largest absolute Gasteiger partial charge is 0.341 e. The maximum absolute atomic E-state index is 6.16. The van der Waals surface area contributed by atoms with Crippen LogP contribution in [0.3, 0.4) is 0 Å². The molecule has 0 radical (unpaired) electrons. The Kier molecular flexibility index (Phi) is 4.74. The van der Waals surface area contributed by atoms with Gasteiger partial charge >= 0.3 is 0 Å². The number of hydrogen-bond donors (Lipinski definition) is 0. The molecule has 0 aliphatic carbocycles. The van der Waals surface area contributed by atoms with Crippen LogP contribution in [0.5, 0.6) is 0 Å². The SMILES string of the molecule is C=C(C)CSc1nnc(N2CCCC2)n1-c1cccc(Cl)c1. The van der Waals surface area contributed by atoms with Gasteiger partial charge in [-0.1, -0.05) is 41.6 Å². The lowest BCUT2D eigenvalue weighted by molar-refractivity contribution is 0.842. The van der Waals surface area contributed by atoms with Gasteiger partial charge in [0.2, 0.25) is 5.95 Å². The summed E-state index contributed by atoms with van der Waals surface area (Å²) in [6, 6.07) is 7.83. The van der Waals surface area contributed by atoms with Gasteiger partial charge in [0.05, 0.1) is 5.69 Å². The molecule has 0 N–H and O–H groups in total. The van der Waals surface area contributed by atoms with Gasteiger partial charge in [-0.05, 0) is 38.0 Å². The summed E-state index contributed by atoms with van der Waals surface area (Å²) in [5.41, 5.74) is 2.12. The molecule has 3 rings (SSSR count). The maximum Gasteiger partial charge on any atom is 0.232 e. The summed E-state index contributed by atoms with van der Waals surface area (Å²) in [6.07, 6.45) is 2.41. The third kappa shape index (κ3) is 3.31. The fraction of sp³-hybridized carbons (Fsp3) is 0.375. The number of nitrogens with zero attached hydrogens (tertiary/aromatic N) is 4. The predicted molar refractivity (Wildman–Crippen MR) is 93.4 cm³/mol. The second-order valence-electron chi connectivity index (χ2n) is 5.54. The van der Waals surface area contributed by atoms with E-state index in [4.69, 9.17) is 11.6 Å². The fourth-order valence-corrected chi connectivity index (χ4v) is 3.48. The number of anilines is 1. The molecular weight excluding hydrogens is 316 g/mol. The molecule has 116 valence electrons. The number of hydrogen-bond acceptors (Lipinski definition) is 4. The molecule has 1 aromatic heterocycles. The summed E-state index contributed by atoms with van der Waals surface area (Å²) < 4.78 is 2.10. The average Bonchev–Trinajstić information content (AvgIpc) is 3.14. The van der Waals surface area contributed by atoms with Gasteiger partial charge in [0.25, 0.3) is 0 Å². The molecule has 1 aliphatic rings. The Labute approximate surface area is 140 Å². The highest BCUT2D eigenvalue weighted by Gasteiger charge is 2.22. The van der Waals surface area contributed by atoms with Crippen molar-refractivity contribution in [3.05, 3.63) is 41.4 Å². The molecule has 1 aromatic carbocycles. The third-order valence-corrected chi connectivity index (χ3v) is 4.91. The molecule has 0 unspecified atom stereocenters.